The molecule has 4 heteroatoms. The lowest BCUT2D eigenvalue weighted by atomic mass is 10.0. The van der Waals surface area contributed by atoms with Gasteiger partial charge in [0.15, 0.2) is 0 Å². The van der Waals surface area contributed by atoms with Crippen LogP contribution in [-0.4, -0.2) is 23.1 Å². The van der Waals surface area contributed by atoms with E-state index < -0.39 is 12.1 Å². The predicted octanol–water partition coefficient (Wildman–Crippen LogP) is 10.7. The molecule has 0 rings (SSSR count). The summed E-state index contributed by atoms with van der Waals surface area (Å²) in [5.41, 5.74) is 0. The number of hydrogen-bond acceptors (Lipinski definition) is 3. The van der Waals surface area contributed by atoms with Crippen LogP contribution in [0.5, 0.6) is 0 Å². The van der Waals surface area contributed by atoms with E-state index >= 15 is 0 Å². The number of esters is 1. The Labute approximate surface area is 235 Å². The van der Waals surface area contributed by atoms with Gasteiger partial charge in [-0.1, -0.05) is 127 Å². The number of carboxylic acids is 1. The zero-order valence-electron chi connectivity index (χ0n) is 25.0. The molecule has 220 valence electrons. The maximum absolute atomic E-state index is 12.2. The molecule has 0 aromatic heterocycles. The average Bonchev–Trinajstić information content (AvgIpc) is 2.89. The normalized spacial score (nSPS) is 12.7. The minimum Gasteiger partial charge on any atom is -0.481 e. The van der Waals surface area contributed by atoms with Gasteiger partial charge in [-0.3, -0.25) is 9.59 Å². The van der Waals surface area contributed by atoms with Crippen LogP contribution in [0.1, 0.15) is 162 Å². The number of rotatable bonds is 28. The first-order chi connectivity index (χ1) is 18.6. The molecule has 0 aromatic carbocycles. The second-order valence-electron chi connectivity index (χ2n) is 10.7. The SMILES string of the molecule is CCCCC/C=C\C/C=C\C/C=C\CCCCCCCCC(=O)OC(CCCCCCCCC)CC(=O)O. The summed E-state index contributed by atoms with van der Waals surface area (Å²) in [5.74, 6) is -1.13. The molecule has 0 saturated heterocycles. The standard InChI is InChI=1S/C34H60O4/c1-3-5-7-9-11-12-13-14-15-16-17-18-19-20-21-22-24-26-28-30-34(37)38-32(31-33(35)36)29-27-25-23-10-8-6-4-2/h11-12,14-15,17-18,32H,3-10,13,16,19-31H2,1-2H3,(H,35,36)/b12-11-,15-14-,18-17-. The third kappa shape index (κ3) is 28.7. The molecule has 0 aliphatic rings. The third-order valence-corrected chi connectivity index (χ3v) is 6.85. The van der Waals surface area contributed by atoms with Crippen LogP contribution in [-0.2, 0) is 14.3 Å². The van der Waals surface area contributed by atoms with Gasteiger partial charge in [-0.2, -0.15) is 0 Å². The Morgan fingerprint density at radius 3 is 1.63 bits per heavy atom. The molecule has 0 aromatic rings. The first kappa shape index (κ1) is 36.2. The lowest BCUT2D eigenvalue weighted by Gasteiger charge is -2.16. The predicted molar refractivity (Wildman–Crippen MR) is 162 cm³/mol. The summed E-state index contributed by atoms with van der Waals surface area (Å²) >= 11 is 0. The average molecular weight is 533 g/mol. The Hall–Kier alpha value is -1.84. The van der Waals surface area contributed by atoms with Crippen LogP contribution in [0.4, 0.5) is 0 Å². The Bertz CT molecular complexity index is 620. The molecule has 0 radical (unpaired) electrons. The zero-order chi connectivity index (χ0) is 27.9. The van der Waals surface area contributed by atoms with Gasteiger partial charge in [-0.25, -0.2) is 0 Å². The van der Waals surface area contributed by atoms with Crippen LogP contribution in [0, 0.1) is 0 Å². The van der Waals surface area contributed by atoms with Gasteiger partial charge in [0.25, 0.3) is 0 Å². The Morgan fingerprint density at radius 2 is 1.05 bits per heavy atom. The van der Waals surface area contributed by atoms with Crippen molar-refractivity contribution in [2.24, 2.45) is 0 Å². The van der Waals surface area contributed by atoms with Crippen molar-refractivity contribution in [3.63, 3.8) is 0 Å². The fraction of sp³-hybridized carbons (Fsp3) is 0.765. The number of carboxylic acid groups (broad SMARTS) is 1. The fourth-order valence-corrected chi connectivity index (χ4v) is 4.50. The van der Waals surface area contributed by atoms with Gasteiger partial charge in [0.1, 0.15) is 6.10 Å². The molecule has 1 unspecified atom stereocenters. The number of carbonyl (C=O) groups excluding carboxylic acids is 1. The summed E-state index contributed by atoms with van der Waals surface area (Å²) in [5, 5.41) is 9.14. The van der Waals surface area contributed by atoms with E-state index in [0.29, 0.717) is 12.8 Å². The van der Waals surface area contributed by atoms with Crippen LogP contribution in [0.3, 0.4) is 0 Å². The van der Waals surface area contributed by atoms with Crippen LogP contribution in [0.25, 0.3) is 0 Å². The molecule has 38 heavy (non-hydrogen) atoms. The first-order valence-corrected chi connectivity index (χ1v) is 16.0. The highest BCUT2D eigenvalue weighted by molar-refractivity contribution is 5.71. The number of carbonyl (C=O) groups is 2. The van der Waals surface area contributed by atoms with Crippen molar-refractivity contribution >= 4 is 11.9 Å². The minimum atomic E-state index is -0.891. The molecular weight excluding hydrogens is 472 g/mol. The molecular formula is C34H60O4. The third-order valence-electron chi connectivity index (χ3n) is 6.85. The summed E-state index contributed by atoms with van der Waals surface area (Å²) in [7, 11) is 0. The van der Waals surface area contributed by atoms with E-state index in [0.717, 1.165) is 51.4 Å². The topological polar surface area (TPSA) is 63.6 Å². The summed E-state index contributed by atoms with van der Waals surface area (Å²) in [4.78, 5) is 23.3. The second-order valence-corrected chi connectivity index (χ2v) is 10.7. The van der Waals surface area contributed by atoms with E-state index in [2.05, 4.69) is 50.3 Å². The van der Waals surface area contributed by atoms with Crippen molar-refractivity contribution in [2.45, 2.75) is 168 Å². The molecule has 0 saturated carbocycles. The Balaban J connectivity index is 3.68. The highest BCUT2D eigenvalue weighted by atomic mass is 16.5. The number of allylic oxidation sites excluding steroid dienone is 6. The molecule has 1 atom stereocenters. The van der Waals surface area contributed by atoms with Gasteiger partial charge in [-0.15, -0.1) is 0 Å². The monoisotopic (exact) mass is 532 g/mol. The summed E-state index contributed by atoms with van der Waals surface area (Å²) in [6, 6.07) is 0. The van der Waals surface area contributed by atoms with E-state index in [1.165, 1.54) is 77.0 Å². The summed E-state index contributed by atoms with van der Waals surface area (Å²) < 4.78 is 5.51. The maximum atomic E-state index is 12.2. The van der Waals surface area contributed by atoms with Crippen molar-refractivity contribution < 1.29 is 19.4 Å². The molecule has 0 heterocycles. The van der Waals surface area contributed by atoms with Gasteiger partial charge in [0.05, 0.1) is 6.42 Å². The molecule has 0 fully saturated rings. The smallest absolute Gasteiger partial charge is 0.307 e. The van der Waals surface area contributed by atoms with E-state index in [4.69, 9.17) is 9.84 Å². The highest BCUT2D eigenvalue weighted by Crippen LogP contribution is 2.15. The van der Waals surface area contributed by atoms with Crippen LogP contribution < -0.4 is 0 Å². The molecule has 0 amide bonds. The molecule has 0 aliphatic heterocycles. The lowest BCUT2D eigenvalue weighted by molar-refractivity contribution is -0.153. The summed E-state index contributed by atoms with van der Waals surface area (Å²) in [6.45, 7) is 4.45. The first-order valence-electron chi connectivity index (χ1n) is 16.0. The second kappa shape index (κ2) is 29.7. The molecule has 0 bridgehead atoms. The number of aliphatic carboxylic acids is 1. The van der Waals surface area contributed by atoms with Gasteiger partial charge < -0.3 is 9.84 Å². The molecule has 0 aliphatic carbocycles. The molecule has 1 N–H and O–H groups in total. The summed E-state index contributed by atoms with van der Waals surface area (Å²) in [6.07, 6.45) is 37.4. The van der Waals surface area contributed by atoms with Gasteiger partial charge in [0.2, 0.25) is 0 Å². The van der Waals surface area contributed by atoms with E-state index in [1.54, 1.807) is 0 Å². The highest BCUT2D eigenvalue weighted by Gasteiger charge is 2.17. The van der Waals surface area contributed by atoms with Crippen molar-refractivity contribution in [1.82, 2.24) is 0 Å². The fourth-order valence-electron chi connectivity index (χ4n) is 4.50. The van der Waals surface area contributed by atoms with Gasteiger partial charge in [-0.05, 0) is 57.8 Å². The largest absolute Gasteiger partial charge is 0.481 e. The minimum absolute atomic E-state index is 0.0805. The lowest BCUT2D eigenvalue weighted by Crippen LogP contribution is -2.21. The zero-order valence-corrected chi connectivity index (χ0v) is 25.0. The van der Waals surface area contributed by atoms with Crippen molar-refractivity contribution in [3.05, 3.63) is 36.5 Å². The molecule has 0 spiro atoms. The van der Waals surface area contributed by atoms with Crippen molar-refractivity contribution in [1.29, 1.82) is 0 Å². The quantitative estimate of drug-likeness (QED) is 0.0618. The number of ether oxygens (including phenoxy) is 1. The van der Waals surface area contributed by atoms with Gasteiger partial charge >= 0.3 is 11.9 Å². The Kier molecular flexibility index (Phi) is 28.3. The number of unbranched alkanes of at least 4 members (excludes halogenated alkanes) is 15. The van der Waals surface area contributed by atoms with Crippen molar-refractivity contribution in [3.8, 4) is 0 Å². The van der Waals surface area contributed by atoms with E-state index in [9.17, 15) is 9.59 Å². The van der Waals surface area contributed by atoms with Crippen LogP contribution in [0.15, 0.2) is 36.5 Å². The molecule has 4 nitrogen and oxygen atoms in total. The van der Waals surface area contributed by atoms with Gasteiger partial charge in [0, 0.05) is 6.42 Å². The maximum Gasteiger partial charge on any atom is 0.307 e. The van der Waals surface area contributed by atoms with Crippen LogP contribution in [0.2, 0.25) is 0 Å². The van der Waals surface area contributed by atoms with E-state index in [1.807, 2.05) is 0 Å². The number of hydrogen-bond donors (Lipinski definition) is 1. The van der Waals surface area contributed by atoms with E-state index in [-0.39, 0.29) is 12.4 Å². The van der Waals surface area contributed by atoms with Crippen LogP contribution >= 0.6 is 0 Å². The van der Waals surface area contributed by atoms with Crippen molar-refractivity contribution in [2.75, 3.05) is 0 Å². The Morgan fingerprint density at radius 1 is 0.605 bits per heavy atom.